The van der Waals surface area contributed by atoms with Gasteiger partial charge in [-0.2, -0.15) is 13.2 Å². The molecule has 0 bridgehead atoms. The number of hydrogen-bond acceptors (Lipinski definition) is 10. The summed E-state index contributed by atoms with van der Waals surface area (Å²) < 4.78 is 46.3. The van der Waals surface area contributed by atoms with E-state index in [0.29, 0.717) is 42.0 Å². The van der Waals surface area contributed by atoms with E-state index >= 15 is 0 Å². The Bertz CT molecular complexity index is 1150. The van der Waals surface area contributed by atoms with Crippen LogP contribution in [0.3, 0.4) is 0 Å². The van der Waals surface area contributed by atoms with Gasteiger partial charge < -0.3 is 20.7 Å². The minimum absolute atomic E-state index is 0.0155. The summed E-state index contributed by atoms with van der Waals surface area (Å²) in [6.45, 7) is 3.18. The summed E-state index contributed by atoms with van der Waals surface area (Å²) in [5.41, 5.74) is 4.21. The second-order valence-corrected chi connectivity index (χ2v) is 7.77. The highest BCUT2D eigenvalue weighted by Crippen LogP contribution is 2.37. The fraction of sp³-hybridized carbons (Fsp3) is 0.333. The molecule has 0 aliphatic carbocycles. The van der Waals surface area contributed by atoms with Gasteiger partial charge in [-0.05, 0) is 6.07 Å². The number of hydrogen-bond donors (Lipinski definition) is 2. The number of alkyl halides is 3. The average Bonchev–Trinajstić information content (AvgIpc) is 3.21. The molecule has 3 aromatic rings. The highest BCUT2D eigenvalue weighted by Gasteiger charge is 2.37. The zero-order valence-corrected chi connectivity index (χ0v) is 17.5. The Labute approximate surface area is 183 Å². The van der Waals surface area contributed by atoms with Gasteiger partial charge in [-0.15, -0.1) is 0 Å². The molecule has 0 spiro atoms. The number of nitrogens with two attached hydrogens (primary N) is 1. The van der Waals surface area contributed by atoms with Gasteiger partial charge in [0.2, 0.25) is 17.8 Å². The predicted molar refractivity (Wildman–Crippen MR) is 111 cm³/mol. The molecule has 168 valence electrons. The maximum atomic E-state index is 13.7. The van der Waals surface area contributed by atoms with Crippen LogP contribution >= 0.6 is 11.3 Å². The number of aromatic nitrogens is 5. The van der Waals surface area contributed by atoms with Crippen molar-refractivity contribution in [2.75, 3.05) is 42.3 Å². The molecule has 1 fully saturated rings. The number of carbonyl (C=O) groups is 1. The fourth-order valence-electron chi connectivity index (χ4n) is 3.00. The molecule has 1 aliphatic heterocycles. The van der Waals surface area contributed by atoms with Crippen molar-refractivity contribution in [3.63, 3.8) is 0 Å². The summed E-state index contributed by atoms with van der Waals surface area (Å²) in [6, 6.07) is 1.40. The molecule has 4 heterocycles. The Morgan fingerprint density at radius 2 is 1.88 bits per heavy atom. The SMILES string of the molecule is CC(=O)Nc1ncc(-c2cc(-c3cnc(N)nc3C(F)(F)F)nc(N3CCOCC3)n2)s1. The summed E-state index contributed by atoms with van der Waals surface area (Å²) in [5, 5.41) is 2.91. The van der Waals surface area contributed by atoms with Crippen molar-refractivity contribution in [1.82, 2.24) is 24.9 Å². The van der Waals surface area contributed by atoms with Crippen molar-refractivity contribution in [1.29, 1.82) is 0 Å². The minimum Gasteiger partial charge on any atom is -0.378 e. The molecule has 0 aromatic carbocycles. The summed E-state index contributed by atoms with van der Waals surface area (Å²) in [5.74, 6) is -0.552. The van der Waals surface area contributed by atoms with E-state index in [2.05, 4.69) is 30.2 Å². The molecule has 0 unspecified atom stereocenters. The zero-order valence-electron chi connectivity index (χ0n) is 16.7. The van der Waals surface area contributed by atoms with Crippen LogP contribution < -0.4 is 16.0 Å². The van der Waals surface area contributed by atoms with Gasteiger partial charge in [0, 0.05) is 38.0 Å². The van der Waals surface area contributed by atoms with Crippen molar-refractivity contribution >= 4 is 34.3 Å². The molecule has 0 atom stereocenters. The van der Waals surface area contributed by atoms with E-state index < -0.39 is 17.8 Å². The van der Waals surface area contributed by atoms with Crippen LogP contribution in [0.1, 0.15) is 12.6 Å². The number of nitrogens with one attached hydrogen (secondary N) is 1. The molecule has 3 aromatic heterocycles. The number of thiazole rings is 1. The molecule has 0 radical (unpaired) electrons. The molecule has 32 heavy (non-hydrogen) atoms. The number of anilines is 3. The first-order chi connectivity index (χ1) is 15.2. The van der Waals surface area contributed by atoms with E-state index in [4.69, 9.17) is 10.5 Å². The van der Waals surface area contributed by atoms with E-state index in [-0.39, 0.29) is 23.1 Å². The smallest absolute Gasteiger partial charge is 0.378 e. The van der Waals surface area contributed by atoms with Gasteiger partial charge in [-0.3, -0.25) is 4.79 Å². The summed E-state index contributed by atoms with van der Waals surface area (Å²) >= 11 is 1.14. The van der Waals surface area contributed by atoms with Gasteiger partial charge in [0.05, 0.1) is 29.5 Å². The molecule has 4 rings (SSSR count). The Kier molecular flexibility index (Phi) is 5.88. The first-order valence-corrected chi connectivity index (χ1v) is 10.2. The molecular weight excluding hydrogens is 449 g/mol. The van der Waals surface area contributed by atoms with E-state index in [0.717, 1.165) is 17.5 Å². The average molecular weight is 466 g/mol. The van der Waals surface area contributed by atoms with Crippen molar-refractivity contribution in [3.8, 4) is 21.8 Å². The van der Waals surface area contributed by atoms with Crippen molar-refractivity contribution in [2.24, 2.45) is 0 Å². The zero-order chi connectivity index (χ0) is 22.9. The van der Waals surface area contributed by atoms with Crippen LogP contribution in [0.15, 0.2) is 18.5 Å². The first kappa shape index (κ1) is 21.8. The third-order valence-corrected chi connectivity index (χ3v) is 5.34. The predicted octanol–water partition coefficient (Wildman–Crippen LogP) is 2.45. The number of nitrogen functional groups attached to an aromatic ring is 1. The molecule has 1 aliphatic rings. The van der Waals surface area contributed by atoms with Crippen LogP contribution in [0.25, 0.3) is 21.8 Å². The maximum absolute atomic E-state index is 13.7. The third kappa shape index (κ3) is 4.75. The number of rotatable bonds is 4. The number of amides is 1. The topological polar surface area (TPSA) is 132 Å². The number of ether oxygens (including phenoxy) is 1. The monoisotopic (exact) mass is 466 g/mol. The minimum atomic E-state index is -4.76. The Morgan fingerprint density at radius 3 is 2.56 bits per heavy atom. The number of halogens is 3. The summed E-state index contributed by atoms with van der Waals surface area (Å²) in [7, 11) is 0. The van der Waals surface area contributed by atoms with E-state index in [1.165, 1.54) is 19.2 Å². The van der Waals surface area contributed by atoms with E-state index in [1.54, 1.807) is 0 Å². The second kappa shape index (κ2) is 8.63. The molecule has 3 N–H and O–H groups in total. The summed E-state index contributed by atoms with van der Waals surface area (Å²) in [6.07, 6.45) is -2.29. The molecule has 10 nitrogen and oxygen atoms in total. The second-order valence-electron chi connectivity index (χ2n) is 6.74. The largest absolute Gasteiger partial charge is 0.434 e. The van der Waals surface area contributed by atoms with Crippen LogP contribution in [0.2, 0.25) is 0 Å². The van der Waals surface area contributed by atoms with Crippen molar-refractivity contribution in [3.05, 3.63) is 24.2 Å². The lowest BCUT2D eigenvalue weighted by Crippen LogP contribution is -2.37. The third-order valence-electron chi connectivity index (χ3n) is 4.40. The maximum Gasteiger partial charge on any atom is 0.434 e. The van der Waals surface area contributed by atoms with Gasteiger partial charge >= 0.3 is 6.18 Å². The first-order valence-electron chi connectivity index (χ1n) is 9.36. The van der Waals surface area contributed by atoms with Gasteiger partial charge in [0.1, 0.15) is 0 Å². The van der Waals surface area contributed by atoms with Crippen LogP contribution in [-0.4, -0.2) is 57.1 Å². The quantitative estimate of drug-likeness (QED) is 0.595. The van der Waals surface area contributed by atoms with Gasteiger partial charge in [-0.25, -0.2) is 24.9 Å². The van der Waals surface area contributed by atoms with Crippen molar-refractivity contribution < 1.29 is 22.7 Å². The lowest BCUT2D eigenvalue weighted by molar-refractivity contribution is -0.140. The van der Waals surface area contributed by atoms with E-state index in [9.17, 15) is 18.0 Å². The molecule has 0 saturated carbocycles. The Hall–Kier alpha value is -3.39. The molecule has 14 heteroatoms. The lowest BCUT2D eigenvalue weighted by Gasteiger charge is -2.27. The normalized spacial score (nSPS) is 14.4. The highest BCUT2D eigenvalue weighted by atomic mass is 32.1. The number of nitrogens with zero attached hydrogens (tertiary/aromatic N) is 6. The summed E-state index contributed by atoms with van der Waals surface area (Å²) in [4.78, 5) is 33.8. The fourth-order valence-corrected chi connectivity index (χ4v) is 3.83. The van der Waals surface area contributed by atoms with Crippen LogP contribution in [-0.2, 0) is 15.7 Å². The van der Waals surface area contributed by atoms with Crippen LogP contribution in [0, 0.1) is 0 Å². The van der Waals surface area contributed by atoms with Gasteiger partial charge in [0.15, 0.2) is 10.8 Å². The van der Waals surface area contributed by atoms with E-state index in [1.807, 2.05) is 4.90 Å². The highest BCUT2D eigenvalue weighted by molar-refractivity contribution is 7.19. The number of morpholine rings is 1. The van der Waals surface area contributed by atoms with Gasteiger partial charge in [-0.1, -0.05) is 11.3 Å². The Morgan fingerprint density at radius 1 is 1.16 bits per heavy atom. The molecule has 1 saturated heterocycles. The Balaban J connectivity index is 1.85. The molecule has 1 amide bonds. The lowest BCUT2D eigenvalue weighted by atomic mass is 10.1. The molecular formula is C18H17F3N8O2S. The van der Waals surface area contributed by atoms with Gasteiger partial charge in [0.25, 0.3) is 0 Å². The standard InChI is InChI=1S/C18H17F3N8O2S/c1-9(30)25-17-24-8-13(32-17)12-6-11(26-16(27-12)29-2-4-31-5-3-29)10-7-23-15(22)28-14(10)18(19,20)21/h6-8H,2-5H2,1H3,(H2,22,23,28)(H,24,25,30). The number of carbonyl (C=O) groups excluding carboxylic acids is 1. The van der Waals surface area contributed by atoms with Crippen molar-refractivity contribution in [2.45, 2.75) is 13.1 Å². The van der Waals surface area contributed by atoms with Crippen LogP contribution in [0.5, 0.6) is 0 Å². The van der Waals surface area contributed by atoms with Crippen LogP contribution in [0.4, 0.5) is 30.2 Å².